The van der Waals surface area contributed by atoms with Gasteiger partial charge in [-0.05, 0) is 48.7 Å². The van der Waals surface area contributed by atoms with E-state index in [9.17, 15) is 4.79 Å². The number of thioether (sulfide) groups is 1. The quantitative estimate of drug-likeness (QED) is 0.534. The smallest absolute Gasteiger partial charge is 0.224 e. The van der Waals surface area contributed by atoms with Gasteiger partial charge in [0.15, 0.2) is 0 Å². The van der Waals surface area contributed by atoms with E-state index in [-0.39, 0.29) is 5.91 Å². The van der Waals surface area contributed by atoms with Gasteiger partial charge in [0.05, 0.1) is 0 Å². The maximum absolute atomic E-state index is 12.1. The Morgan fingerprint density at radius 1 is 0.846 bits per heavy atom. The molecular weight excluding hydrogens is 338 g/mol. The molecule has 0 fully saturated rings. The Morgan fingerprint density at radius 3 is 2.19 bits per heavy atom. The van der Waals surface area contributed by atoms with Crippen molar-refractivity contribution in [1.82, 2.24) is 0 Å². The van der Waals surface area contributed by atoms with Crippen molar-refractivity contribution >= 4 is 23.4 Å². The molecule has 3 aromatic rings. The summed E-state index contributed by atoms with van der Waals surface area (Å²) in [7, 11) is 0. The molecule has 0 radical (unpaired) electrons. The fourth-order valence-corrected chi connectivity index (χ4v) is 3.48. The number of carbonyl (C=O) groups is 1. The third-order valence-corrected chi connectivity index (χ3v) is 5.23. The zero-order valence-corrected chi connectivity index (χ0v) is 15.8. The van der Waals surface area contributed by atoms with Crippen LogP contribution in [0.2, 0.25) is 0 Å². The summed E-state index contributed by atoms with van der Waals surface area (Å²) in [6, 6.07) is 26.8. The number of benzene rings is 3. The van der Waals surface area contributed by atoms with Crippen LogP contribution in [0.3, 0.4) is 0 Å². The lowest BCUT2D eigenvalue weighted by molar-refractivity contribution is -0.116. The molecule has 3 rings (SSSR count). The van der Waals surface area contributed by atoms with Crippen molar-refractivity contribution in [3.63, 3.8) is 0 Å². The van der Waals surface area contributed by atoms with Gasteiger partial charge in [0.2, 0.25) is 5.91 Å². The van der Waals surface area contributed by atoms with Crippen LogP contribution in [-0.4, -0.2) is 5.91 Å². The maximum atomic E-state index is 12.1. The van der Waals surface area contributed by atoms with E-state index >= 15 is 0 Å². The molecule has 1 N–H and O–H groups in total. The highest BCUT2D eigenvalue weighted by molar-refractivity contribution is 7.98. The number of nitrogens with one attached hydrogen (secondary N) is 1. The van der Waals surface area contributed by atoms with Crippen molar-refractivity contribution < 1.29 is 4.79 Å². The number of amides is 1. The van der Waals surface area contributed by atoms with Crippen molar-refractivity contribution in [1.29, 1.82) is 0 Å². The monoisotopic (exact) mass is 361 g/mol. The SMILES string of the molecule is Cc1ccc(CCC(=O)Nc2ccc(CSc3ccccc3)cc2)cc1. The van der Waals surface area contributed by atoms with Crippen LogP contribution in [0.25, 0.3) is 0 Å². The minimum Gasteiger partial charge on any atom is -0.326 e. The molecule has 0 aliphatic rings. The van der Waals surface area contributed by atoms with Crippen molar-refractivity contribution in [3.8, 4) is 0 Å². The molecule has 0 atom stereocenters. The van der Waals surface area contributed by atoms with Gasteiger partial charge in [0.1, 0.15) is 0 Å². The van der Waals surface area contributed by atoms with E-state index in [4.69, 9.17) is 0 Å². The van der Waals surface area contributed by atoms with Gasteiger partial charge in [-0.1, -0.05) is 60.2 Å². The highest BCUT2D eigenvalue weighted by Gasteiger charge is 2.04. The van der Waals surface area contributed by atoms with Gasteiger partial charge >= 0.3 is 0 Å². The molecule has 0 aliphatic heterocycles. The van der Waals surface area contributed by atoms with Gasteiger partial charge in [-0.15, -0.1) is 11.8 Å². The van der Waals surface area contributed by atoms with Gasteiger partial charge < -0.3 is 5.32 Å². The summed E-state index contributed by atoms with van der Waals surface area (Å²) in [5.41, 5.74) is 4.53. The van der Waals surface area contributed by atoms with E-state index in [1.807, 2.05) is 30.0 Å². The molecule has 0 aliphatic carbocycles. The predicted molar refractivity (Wildman–Crippen MR) is 111 cm³/mol. The fourth-order valence-electron chi connectivity index (χ4n) is 2.60. The summed E-state index contributed by atoms with van der Waals surface area (Å²) in [4.78, 5) is 13.4. The zero-order valence-electron chi connectivity index (χ0n) is 14.9. The molecule has 0 saturated carbocycles. The zero-order chi connectivity index (χ0) is 18.2. The Kier molecular flexibility index (Phi) is 6.50. The standard InChI is InChI=1S/C23H23NOS/c1-18-7-9-19(10-8-18)13-16-23(25)24-21-14-11-20(12-15-21)17-26-22-5-3-2-4-6-22/h2-12,14-15H,13,16-17H2,1H3,(H,24,25). The van der Waals surface area contributed by atoms with E-state index < -0.39 is 0 Å². The van der Waals surface area contributed by atoms with Crippen LogP contribution >= 0.6 is 11.8 Å². The molecule has 0 spiro atoms. The van der Waals surface area contributed by atoms with Gasteiger partial charge in [0, 0.05) is 22.8 Å². The third kappa shape index (κ3) is 5.78. The molecule has 2 nitrogen and oxygen atoms in total. The van der Waals surface area contributed by atoms with Crippen LogP contribution in [0.4, 0.5) is 5.69 Å². The number of hydrogen-bond acceptors (Lipinski definition) is 2. The fraction of sp³-hybridized carbons (Fsp3) is 0.174. The van der Waals surface area contributed by atoms with Crippen LogP contribution in [0.15, 0.2) is 83.8 Å². The topological polar surface area (TPSA) is 29.1 Å². The lowest BCUT2D eigenvalue weighted by Crippen LogP contribution is -2.12. The Balaban J connectivity index is 1.45. The first kappa shape index (κ1) is 18.3. The maximum Gasteiger partial charge on any atom is 0.224 e. The Hall–Kier alpha value is -2.52. The van der Waals surface area contributed by atoms with Gasteiger partial charge in [-0.25, -0.2) is 0 Å². The van der Waals surface area contributed by atoms with E-state index in [0.29, 0.717) is 6.42 Å². The summed E-state index contributed by atoms with van der Waals surface area (Å²) in [5.74, 6) is 0.975. The van der Waals surface area contributed by atoms with Crippen LogP contribution in [-0.2, 0) is 17.0 Å². The lowest BCUT2D eigenvalue weighted by atomic mass is 10.1. The molecular formula is C23H23NOS. The Morgan fingerprint density at radius 2 is 1.50 bits per heavy atom. The highest BCUT2D eigenvalue weighted by atomic mass is 32.2. The summed E-state index contributed by atoms with van der Waals surface area (Å²) in [6.07, 6.45) is 1.26. The normalized spacial score (nSPS) is 10.5. The van der Waals surface area contributed by atoms with Crippen molar-refractivity contribution in [2.75, 3.05) is 5.32 Å². The largest absolute Gasteiger partial charge is 0.326 e. The van der Waals surface area contributed by atoms with Gasteiger partial charge in [-0.2, -0.15) is 0 Å². The van der Waals surface area contributed by atoms with Crippen LogP contribution in [0, 0.1) is 6.92 Å². The molecule has 0 bridgehead atoms. The molecule has 1 amide bonds. The summed E-state index contributed by atoms with van der Waals surface area (Å²) in [5, 5.41) is 2.98. The molecule has 0 heterocycles. The molecule has 132 valence electrons. The highest BCUT2D eigenvalue weighted by Crippen LogP contribution is 2.23. The first-order chi connectivity index (χ1) is 12.7. The van der Waals surface area contributed by atoms with Crippen LogP contribution in [0.1, 0.15) is 23.1 Å². The second-order valence-electron chi connectivity index (χ2n) is 6.33. The summed E-state index contributed by atoms with van der Waals surface area (Å²) in [6.45, 7) is 2.07. The average molecular weight is 362 g/mol. The molecule has 26 heavy (non-hydrogen) atoms. The number of aryl methyl sites for hydroxylation is 2. The van der Waals surface area contributed by atoms with Gasteiger partial charge in [0.25, 0.3) is 0 Å². The van der Waals surface area contributed by atoms with Gasteiger partial charge in [-0.3, -0.25) is 4.79 Å². The summed E-state index contributed by atoms with van der Waals surface area (Å²) < 4.78 is 0. The molecule has 0 unspecified atom stereocenters. The number of hydrogen-bond donors (Lipinski definition) is 1. The van der Waals surface area contributed by atoms with E-state index in [2.05, 4.69) is 72.9 Å². The molecule has 0 aromatic heterocycles. The number of rotatable bonds is 7. The Bertz CT molecular complexity index is 826. The molecule has 3 heteroatoms. The van der Waals surface area contributed by atoms with Crippen molar-refractivity contribution in [2.24, 2.45) is 0 Å². The third-order valence-electron chi connectivity index (χ3n) is 4.15. The Labute approximate surface area is 159 Å². The van der Waals surface area contributed by atoms with E-state index in [1.165, 1.54) is 21.6 Å². The van der Waals surface area contributed by atoms with Crippen molar-refractivity contribution in [3.05, 3.63) is 95.6 Å². The average Bonchev–Trinajstić information content (AvgIpc) is 2.68. The number of anilines is 1. The second-order valence-corrected chi connectivity index (χ2v) is 7.38. The lowest BCUT2D eigenvalue weighted by Gasteiger charge is -2.07. The first-order valence-corrected chi connectivity index (χ1v) is 9.80. The van der Waals surface area contributed by atoms with Crippen LogP contribution < -0.4 is 5.32 Å². The minimum atomic E-state index is 0.0528. The number of carbonyl (C=O) groups excluding carboxylic acids is 1. The predicted octanol–water partition coefficient (Wildman–Crippen LogP) is 5.86. The summed E-state index contributed by atoms with van der Waals surface area (Å²) >= 11 is 1.81. The second kappa shape index (κ2) is 9.25. The van der Waals surface area contributed by atoms with Crippen LogP contribution in [0.5, 0.6) is 0 Å². The van der Waals surface area contributed by atoms with E-state index in [0.717, 1.165) is 17.9 Å². The minimum absolute atomic E-state index is 0.0528. The van der Waals surface area contributed by atoms with E-state index in [1.54, 1.807) is 0 Å². The molecule has 0 saturated heterocycles. The first-order valence-electron chi connectivity index (χ1n) is 8.81. The van der Waals surface area contributed by atoms with Crippen molar-refractivity contribution in [2.45, 2.75) is 30.4 Å². The molecule has 3 aromatic carbocycles.